The Morgan fingerprint density at radius 3 is 2.54 bits per heavy atom. The van der Waals surface area contributed by atoms with Crippen molar-refractivity contribution in [3.05, 3.63) is 65.2 Å². The zero-order valence-electron chi connectivity index (χ0n) is 13.5. The molecule has 0 unspecified atom stereocenters. The second-order valence-corrected chi connectivity index (χ2v) is 5.71. The molecule has 0 atom stereocenters. The molecular formula is C20H18N2O2. The minimum atomic E-state index is -0.0503. The number of benzene rings is 2. The van der Waals surface area contributed by atoms with E-state index in [1.165, 1.54) is 0 Å². The number of amides is 1. The van der Waals surface area contributed by atoms with Gasteiger partial charge in [0.15, 0.2) is 0 Å². The van der Waals surface area contributed by atoms with Crippen LogP contribution < -0.4 is 4.90 Å². The molecular weight excluding hydrogens is 300 g/mol. The average Bonchev–Trinajstić information content (AvgIpc) is 2.62. The Labute approximate surface area is 141 Å². The van der Waals surface area contributed by atoms with Crippen LogP contribution in [0.15, 0.2) is 53.7 Å². The summed E-state index contributed by atoms with van der Waals surface area (Å²) < 4.78 is 0. The standard InChI is InChI=1S/C20H18N2O2/c1-15(21-24)7-6-14-22-19-11-5-3-9-17(19)13-12-16-8-2-4-10-18(16)20(22)23/h2-5,8-11,24H,6-7,14H2,1H3/b21-15-. The molecule has 0 saturated heterocycles. The molecule has 1 amide bonds. The van der Waals surface area contributed by atoms with E-state index in [4.69, 9.17) is 5.21 Å². The normalized spacial score (nSPS) is 13.3. The van der Waals surface area contributed by atoms with E-state index in [-0.39, 0.29) is 5.91 Å². The average molecular weight is 318 g/mol. The summed E-state index contributed by atoms with van der Waals surface area (Å²) in [6, 6.07) is 15.1. The zero-order chi connectivity index (χ0) is 16.9. The predicted octanol–water partition coefficient (Wildman–Crippen LogP) is 3.68. The Morgan fingerprint density at radius 1 is 1.08 bits per heavy atom. The topological polar surface area (TPSA) is 52.9 Å². The van der Waals surface area contributed by atoms with Gasteiger partial charge in [-0.2, -0.15) is 0 Å². The van der Waals surface area contributed by atoms with Gasteiger partial charge in [0.05, 0.1) is 17.0 Å². The number of fused-ring (bicyclic) bond motifs is 2. The lowest BCUT2D eigenvalue weighted by atomic mass is 10.0. The van der Waals surface area contributed by atoms with Crippen LogP contribution in [0.25, 0.3) is 0 Å². The second kappa shape index (κ2) is 7.01. The highest BCUT2D eigenvalue weighted by Crippen LogP contribution is 2.25. The van der Waals surface area contributed by atoms with Crippen LogP contribution in [0.3, 0.4) is 0 Å². The van der Waals surface area contributed by atoms with Crippen molar-refractivity contribution < 1.29 is 10.0 Å². The summed E-state index contributed by atoms with van der Waals surface area (Å²) in [6.07, 6.45) is 1.35. The number of oxime groups is 1. The Balaban J connectivity index is 2.01. The van der Waals surface area contributed by atoms with Gasteiger partial charge < -0.3 is 10.1 Å². The smallest absolute Gasteiger partial charge is 0.259 e. The third-order valence-electron chi connectivity index (χ3n) is 4.02. The highest BCUT2D eigenvalue weighted by molar-refractivity contribution is 6.09. The molecule has 0 spiro atoms. The largest absolute Gasteiger partial charge is 0.411 e. The van der Waals surface area contributed by atoms with Crippen molar-refractivity contribution in [3.8, 4) is 11.8 Å². The summed E-state index contributed by atoms with van der Waals surface area (Å²) in [5, 5.41) is 12.0. The SMILES string of the molecule is C/C(CCCN1C(=O)c2ccccc2C#Cc2ccccc21)=N/O. The van der Waals surface area contributed by atoms with Crippen LogP contribution in [0.1, 0.15) is 41.3 Å². The van der Waals surface area contributed by atoms with E-state index in [0.717, 1.165) is 16.8 Å². The molecule has 0 saturated carbocycles. The highest BCUT2D eigenvalue weighted by Gasteiger charge is 2.22. The third-order valence-corrected chi connectivity index (χ3v) is 4.02. The number of carbonyl (C=O) groups excluding carboxylic acids is 1. The van der Waals surface area contributed by atoms with E-state index in [1.807, 2.05) is 48.5 Å². The van der Waals surface area contributed by atoms with Crippen LogP contribution in [0.5, 0.6) is 0 Å². The fraction of sp³-hybridized carbons (Fsp3) is 0.200. The van der Waals surface area contributed by atoms with E-state index in [9.17, 15) is 4.79 Å². The molecule has 0 aliphatic carbocycles. The van der Waals surface area contributed by atoms with Crippen LogP contribution in [-0.2, 0) is 0 Å². The van der Waals surface area contributed by atoms with Crippen molar-refractivity contribution >= 4 is 17.3 Å². The molecule has 1 aliphatic rings. The zero-order valence-corrected chi connectivity index (χ0v) is 13.5. The lowest BCUT2D eigenvalue weighted by molar-refractivity contribution is 0.0986. The van der Waals surface area contributed by atoms with E-state index in [0.29, 0.717) is 30.7 Å². The van der Waals surface area contributed by atoms with Gasteiger partial charge in [-0.3, -0.25) is 4.79 Å². The van der Waals surface area contributed by atoms with E-state index in [1.54, 1.807) is 11.8 Å². The molecule has 2 aromatic carbocycles. The van der Waals surface area contributed by atoms with Gasteiger partial charge in [0.25, 0.3) is 5.91 Å². The Kier molecular flexibility index (Phi) is 4.62. The number of para-hydroxylation sites is 1. The number of rotatable bonds is 4. The van der Waals surface area contributed by atoms with Gasteiger partial charge in [-0.15, -0.1) is 0 Å². The van der Waals surface area contributed by atoms with Gasteiger partial charge in [0.2, 0.25) is 0 Å². The summed E-state index contributed by atoms with van der Waals surface area (Å²) in [5.41, 5.74) is 3.68. The summed E-state index contributed by atoms with van der Waals surface area (Å²) in [4.78, 5) is 14.8. The number of nitrogens with zero attached hydrogens (tertiary/aromatic N) is 2. The second-order valence-electron chi connectivity index (χ2n) is 5.71. The summed E-state index contributed by atoms with van der Waals surface area (Å²) in [5.74, 6) is 6.23. The number of carbonyl (C=O) groups is 1. The molecule has 4 nitrogen and oxygen atoms in total. The Hall–Kier alpha value is -3.06. The Bertz CT molecular complexity index is 859. The van der Waals surface area contributed by atoms with Crippen LogP contribution in [0.2, 0.25) is 0 Å². The maximum absolute atomic E-state index is 13.1. The molecule has 120 valence electrons. The quantitative estimate of drug-likeness (QED) is 0.405. The molecule has 2 aromatic rings. The first-order valence-electron chi connectivity index (χ1n) is 7.90. The number of anilines is 1. The number of hydrogen-bond donors (Lipinski definition) is 1. The van der Waals surface area contributed by atoms with Crippen LogP contribution in [0.4, 0.5) is 5.69 Å². The van der Waals surface area contributed by atoms with Gasteiger partial charge >= 0.3 is 0 Å². The first kappa shape index (κ1) is 15.8. The van der Waals surface area contributed by atoms with Crippen LogP contribution in [0, 0.1) is 11.8 Å². The van der Waals surface area contributed by atoms with Crippen molar-refractivity contribution in [1.82, 2.24) is 0 Å². The fourth-order valence-corrected chi connectivity index (χ4v) is 2.75. The minimum absolute atomic E-state index is 0.0503. The van der Waals surface area contributed by atoms with Crippen molar-refractivity contribution in [2.75, 3.05) is 11.4 Å². The Morgan fingerprint density at radius 2 is 1.75 bits per heavy atom. The molecule has 24 heavy (non-hydrogen) atoms. The number of hydrogen-bond acceptors (Lipinski definition) is 3. The van der Waals surface area contributed by atoms with Crippen molar-refractivity contribution in [2.45, 2.75) is 19.8 Å². The first-order chi connectivity index (χ1) is 11.7. The van der Waals surface area contributed by atoms with Gasteiger partial charge in [-0.25, -0.2) is 0 Å². The summed E-state index contributed by atoms with van der Waals surface area (Å²) in [6.45, 7) is 2.31. The maximum atomic E-state index is 13.1. The van der Waals surface area contributed by atoms with E-state index < -0.39 is 0 Å². The van der Waals surface area contributed by atoms with Gasteiger partial charge in [0.1, 0.15) is 0 Å². The highest BCUT2D eigenvalue weighted by atomic mass is 16.4. The fourth-order valence-electron chi connectivity index (χ4n) is 2.75. The molecule has 1 aliphatic heterocycles. The maximum Gasteiger partial charge on any atom is 0.259 e. The predicted molar refractivity (Wildman–Crippen MR) is 94.7 cm³/mol. The summed E-state index contributed by atoms with van der Waals surface area (Å²) >= 11 is 0. The van der Waals surface area contributed by atoms with Crippen molar-refractivity contribution in [2.24, 2.45) is 5.16 Å². The molecule has 4 heteroatoms. The van der Waals surface area contributed by atoms with Gasteiger partial charge in [0, 0.05) is 17.7 Å². The summed E-state index contributed by atoms with van der Waals surface area (Å²) in [7, 11) is 0. The van der Waals surface area contributed by atoms with Crippen LogP contribution in [-0.4, -0.2) is 23.4 Å². The minimum Gasteiger partial charge on any atom is -0.411 e. The third kappa shape index (κ3) is 3.16. The molecule has 0 aromatic heterocycles. The lowest BCUT2D eigenvalue weighted by Gasteiger charge is -2.25. The van der Waals surface area contributed by atoms with Crippen LogP contribution >= 0.6 is 0 Å². The lowest BCUT2D eigenvalue weighted by Crippen LogP contribution is -2.33. The van der Waals surface area contributed by atoms with E-state index in [2.05, 4.69) is 17.0 Å². The van der Waals surface area contributed by atoms with E-state index >= 15 is 0 Å². The monoisotopic (exact) mass is 318 g/mol. The van der Waals surface area contributed by atoms with Crippen molar-refractivity contribution in [1.29, 1.82) is 0 Å². The molecule has 3 rings (SSSR count). The molecule has 0 radical (unpaired) electrons. The molecule has 0 fully saturated rings. The van der Waals surface area contributed by atoms with Crippen molar-refractivity contribution in [3.63, 3.8) is 0 Å². The van der Waals surface area contributed by atoms with Gasteiger partial charge in [-0.1, -0.05) is 41.3 Å². The van der Waals surface area contributed by atoms with Gasteiger partial charge in [-0.05, 0) is 44.0 Å². The molecule has 1 heterocycles. The molecule has 1 N–H and O–H groups in total. The molecule has 0 bridgehead atoms. The first-order valence-corrected chi connectivity index (χ1v) is 7.90.